The lowest BCUT2D eigenvalue weighted by molar-refractivity contribution is -0.138. The second kappa shape index (κ2) is 4.82. The molecule has 1 heterocycles. The summed E-state index contributed by atoms with van der Waals surface area (Å²) < 4.78 is 5.95. The zero-order valence-electron chi connectivity index (χ0n) is 9.45. The summed E-state index contributed by atoms with van der Waals surface area (Å²) in [6, 6.07) is 1.84. The zero-order chi connectivity index (χ0) is 12.3. The summed E-state index contributed by atoms with van der Waals surface area (Å²) in [6.07, 6.45) is 1.65. The van der Waals surface area contributed by atoms with Crippen LogP contribution in [0.2, 0.25) is 0 Å². The van der Waals surface area contributed by atoms with Crippen LogP contribution in [0.1, 0.15) is 25.8 Å². The third-order valence-corrected chi connectivity index (χ3v) is 2.77. The number of methoxy groups -OCH3 is 1. The molecule has 0 aliphatic heterocycles. The Balaban J connectivity index is 3.18. The SMILES string of the molecule is COc1ncc(Br)cc1C(C)(C)CC(=O)O. The van der Waals surface area contributed by atoms with Crippen LogP contribution in [-0.4, -0.2) is 23.2 Å². The summed E-state index contributed by atoms with van der Waals surface area (Å²) in [5.41, 5.74) is 0.264. The van der Waals surface area contributed by atoms with E-state index in [4.69, 9.17) is 9.84 Å². The van der Waals surface area contributed by atoms with E-state index in [1.165, 1.54) is 7.11 Å². The molecule has 4 nitrogen and oxygen atoms in total. The van der Waals surface area contributed by atoms with Gasteiger partial charge in [0, 0.05) is 21.6 Å². The Bertz CT molecular complexity index is 404. The number of rotatable bonds is 4. The fourth-order valence-electron chi connectivity index (χ4n) is 1.55. The average molecular weight is 288 g/mol. The van der Waals surface area contributed by atoms with Crippen molar-refractivity contribution in [3.8, 4) is 5.88 Å². The van der Waals surface area contributed by atoms with Crippen LogP contribution in [0.5, 0.6) is 5.88 Å². The van der Waals surface area contributed by atoms with Crippen LogP contribution in [0.3, 0.4) is 0 Å². The van der Waals surface area contributed by atoms with E-state index in [9.17, 15) is 4.79 Å². The molecule has 16 heavy (non-hydrogen) atoms. The maximum atomic E-state index is 10.8. The first kappa shape index (κ1) is 13.0. The molecule has 1 aromatic rings. The highest BCUT2D eigenvalue weighted by Gasteiger charge is 2.28. The van der Waals surface area contributed by atoms with Gasteiger partial charge in [-0.2, -0.15) is 0 Å². The largest absolute Gasteiger partial charge is 0.481 e. The van der Waals surface area contributed by atoms with Gasteiger partial charge in [-0.25, -0.2) is 4.98 Å². The van der Waals surface area contributed by atoms with Crippen molar-refractivity contribution >= 4 is 21.9 Å². The quantitative estimate of drug-likeness (QED) is 0.925. The van der Waals surface area contributed by atoms with Crippen molar-refractivity contribution in [1.82, 2.24) is 4.98 Å². The van der Waals surface area contributed by atoms with Crippen molar-refractivity contribution in [1.29, 1.82) is 0 Å². The summed E-state index contributed by atoms with van der Waals surface area (Å²) in [7, 11) is 1.52. The lowest BCUT2D eigenvalue weighted by Crippen LogP contribution is -2.22. The lowest BCUT2D eigenvalue weighted by atomic mass is 9.82. The van der Waals surface area contributed by atoms with Crippen LogP contribution in [0.4, 0.5) is 0 Å². The van der Waals surface area contributed by atoms with Gasteiger partial charge in [-0.05, 0) is 22.0 Å². The lowest BCUT2D eigenvalue weighted by Gasteiger charge is -2.24. The van der Waals surface area contributed by atoms with Gasteiger partial charge >= 0.3 is 5.97 Å². The second-order valence-electron chi connectivity index (χ2n) is 4.16. The molecule has 88 valence electrons. The summed E-state index contributed by atoms with van der Waals surface area (Å²) in [4.78, 5) is 14.9. The minimum absolute atomic E-state index is 0.0293. The Morgan fingerprint density at radius 1 is 1.62 bits per heavy atom. The zero-order valence-corrected chi connectivity index (χ0v) is 11.0. The Labute approximate surface area is 103 Å². The standard InChI is InChI=1S/C11H14BrNO3/c1-11(2,5-9(14)15)8-4-7(12)6-13-10(8)16-3/h4,6H,5H2,1-3H3,(H,14,15). The topological polar surface area (TPSA) is 59.4 Å². The maximum Gasteiger partial charge on any atom is 0.304 e. The minimum Gasteiger partial charge on any atom is -0.481 e. The Morgan fingerprint density at radius 3 is 2.75 bits per heavy atom. The molecule has 0 radical (unpaired) electrons. The number of aliphatic carboxylic acids is 1. The first-order chi connectivity index (χ1) is 7.36. The molecule has 0 amide bonds. The first-order valence-corrected chi connectivity index (χ1v) is 5.58. The number of pyridine rings is 1. The summed E-state index contributed by atoms with van der Waals surface area (Å²) in [6.45, 7) is 3.71. The van der Waals surface area contributed by atoms with Gasteiger partial charge < -0.3 is 9.84 Å². The Kier molecular flexibility index (Phi) is 3.91. The Morgan fingerprint density at radius 2 is 2.25 bits per heavy atom. The van der Waals surface area contributed by atoms with Gasteiger partial charge in [-0.3, -0.25) is 4.79 Å². The van der Waals surface area contributed by atoms with E-state index in [2.05, 4.69) is 20.9 Å². The van der Waals surface area contributed by atoms with E-state index >= 15 is 0 Å². The summed E-state index contributed by atoms with van der Waals surface area (Å²) >= 11 is 3.32. The molecule has 0 fully saturated rings. The van der Waals surface area contributed by atoms with E-state index in [0.717, 1.165) is 10.0 Å². The fourth-order valence-corrected chi connectivity index (χ4v) is 1.88. The molecule has 0 aliphatic rings. The van der Waals surface area contributed by atoms with Crippen molar-refractivity contribution in [2.75, 3.05) is 7.11 Å². The number of aromatic nitrogens is 1. The average Bonchev–Trinajstić information content (AvgIpc) is 2.15. The van der Waals surface area contributed by atoms with E-state index in [1.54, 1.807) is 6.20 Å². The highest BCUT2D eigenvalue weighted by Crippen LogP contribution is 2.34. The van der Waals surface area contributed by atoms with Gasteiger partial charge in [0.2, 0.25) is 5.88 Å². The molecule has 1 rings (SSSR count). The van der Waals surface area contributed by atoms with Crippen LogP contribution < -0.4 is 4.74 Å². The third-order valence-electron chi connectivity index (χ3n) is 2.33. The normalized spacial score (nSPS) is 11.2. The van der Waals surface area contributed by atoms with Crippen molar-refractivity contribution in [2.24, 2.45) is 0 Å². The molecule has 0 bridgehead atoms. The van der Waals surface area contributed by atoms with Crippen LogP contribution in [0.25, 0.3) is 0 Å². The molecule has 5 heteroatoms. The fraction of sp³-hybridized carbons (Fsp3) is 0.455. The number of hydrogen-bond donors (Lipinski definition) is 1. The monoisotopic (exact) mass is 287 g/mol. The predicted molar refractivity (Wildman–Crippen MR) is 63.8 cm³/mol. The van der Waals surface area contributed by atoms with Crippen LogP contribution in [0, 0.1) is 0 Å². The van der Waals surface area contributed by atoms with Crippen LogP contribution in [0.15, 0.2) is 16.7 Å². The molecule has 0 aromatic carbocycles. The van der Waals surface area contributed by atoms with E-state index in [0.29, 0.717) is 5.88 Å². The van der Waals surface area contributed by atoms with Gasteiger partial charge in [0.1, 0.15) is 0 Å². The molecule has 1 aromatic heterocycles. The van der Waals surface area contributed by atoms with Crippen molar-refractivity contribution in [2.45, 2.75) is 25.7 Å². The highest BCUT2D eigenvalue weighted by molar-refractivity contribution is 9.10. The highest BCUT2D eigenvalue weighted by atomic mass is 79.9. The maximum absolute atomic E-state index is 10.8. The molecule has 0 unspecified atom stereocenters. The molecule has 0 saturated heterocycles. The molecular weight excluding hydrogens is 274 g/mol. The van der Waals surface area contributed by atoms with Crippen LogP contribution >= 0.6 is 15.9 Å². The number of nitrogens with zero attached hydrogens (tertiary/aromatic N) is 1. The predicted octanol–water partition coefficient (Wildman–Crippen LogP) is 2.61. The van der Waals surface area contributed by atoms with Gasteiger partial charge in [0.25, 0.3) is 0 Å². The van der Waals surface area contributed by atoms with Gasteiger partial charge in [-0.15, -0.1) is 0 Å². The van der Waals surface area contributed by atoms with Gasteiger partial charge in [0.05, 0.1) is 13.5 Å². The molecule has 0 spiro atoms. The first-order valence-electron chi connectivity index (χ1n) is 4.78. The van der Waals surface area contributed by atoms with Gasteiger partial charge in [-0.1, -0.05) is 13.8 Å². The molecule has 0 aliphatic carbocycles. The number of carboxylic acids is 1. The Hall–Kier alpha value is -1.10. The molecule has 0 saturated carbocycles. The second-order valence-corrected chi connectivity index (χ2v) is 5.08. The summed E-state index contributed by atoms with van der Waals surface area (Å²) in [5, 5.41) is 8.87. The van der Waals surface area contributed by atoms with Gasteiger partial charge in [0.15, 0.2) is 0 Å². The number of halogens is 1. The van der Waals surface area contributed by atoms with E-state index < -0.39 is 11.4 Å². The number of hydrogen-bond acceptors (Lipinski definition) is 3. The van der Waals surface area contributed by atoms with E-state index in [-0.39, 0.29) is 6.42 Å². The van der Waals surface area contributed by atoms with Crippen LogP contribution in [-0.2, 0) is 10.2 Å². The van der Waals surface area contributed by atoms with Crippen molar-refractivity contribution in [3.63, 3.8) is 0 Å². The summed E-state index contributed by atoms with van der Waals surface area (Å²) in [5.74, 6) is -0.374. The number of ether oxygens (including phenoxy) is 1. The molecule has 0 atom stereocenters. The number of carboxylic acid groups (broad SMARTS) is 1. The number of carbonyl (C=O) groups is 1. The smallest absolute Gasteiger partial charge is 0.304 e. The van der Waals surface area contributed by atoms with Crippen molar-refractivity contribution in [3.05, 3.63) is 22.3 Å². The minimum atomic E-state index is -0.841. The molecule has 1 N–H and O–H groups in total. The van der Waals surface area contributed by atoms with E-state index in [1.807, 2.05) is 19.9 Å². The molecular formula is C11H14BrNO3. The third kappa shape index (κ3) is 2.95. The van der Waals surface area contributed by atoms with Crippen molar-refractivity contribution < 1.29 is 14.6 Å².